The molecular weight excluding hydrogens is 230 g/mol. The van der Waals surface area contributed by atoms with Gasteiger partial charge < -0.3 is 9.64 Å². The van der Waals surface area contributed by atoms with Gasteiger partial charge in [0.2, 0.25) is 0 Å². The third kappa shape index (κ3) is 7.47. The molecule has 2 unspecified atom stereocenters. The van der Waals surface area contributed by atoms with Crippen LogP contribution in [0.1, 0.15) is 20.3 Å². The number of methoxy groups -OCH3 is 1. The first-order chi connectivity index (χ1) is 6.10. The van der Waals surface area contributed by atoms with Crippen LogP contribution >= 0.6 is 15.9 Å². The van der Waals surface area contributed by atoms with Crippen LogP contribution < -0.4 is 0 Å². The monoisotopic (exact) mass is 251 g/mol. The maximum atomic E-state index is 5.06. The highest BCUT2D eigenvalue weighted by molar-refractivity contribution is 9.09. The molecule has 80 valence electrons. The average molecular weight is 252 g/mol. The summed E-state index contributed by atoms with van der Waals surface area (Å²) < 4.78 is 5.06. The first-order valence-corrected chi connectivity index (χ1v) is 5.83. The molecule has 0 aromatic heterocycles. The minimum absolute atomic E-state index is 0.451. The van der Waals surface area contributed by atoms with Crippen molar-refractivity contribution in [1.82, 2.24) is 4.90 Å². The van der Waals surface area contributed by atoms with Crippen molar-refractivity contribution in [2.75, 3.05) is 33.9 Å². The van der Waals surface area contributed by atoms with Gasteiger partial charge in [0.1, 0.15) is 0 Å². The van der Waals surface area contributed by atoms with Gasteiger partial charge >= 0.3 is 0 Å². The number of hydrogen-bond acceptors (Lipinski definition) is 2. The van der Waals surface area contributed by atoms with E-state index in [4.69, 9.17) is 4.74 Å². The van der Waals surface area contributed by atoms with Crippen LogP contribution in [0.3, 0.4) is 0 Å². The molecule has 0 spiro atoms. The topological polar surface area (TPSA) is 12.5 Å². The van der Waals surface area contributed by atoms with E-state index in [2.05, 4.69) is 41.7 Å². The van der Waals surface area contributed by atoms with E-state index in [1.807, 2.05) is 0 Å². The molecule has 0 saturated carbocycles. The Hall–Kier alpha value is 0.400. The van der Waals surface area contributed by atoms with Crippen molar-refractivity contribution in [3.05, 3.63) is 0 Å². The Morgan fingerprint density at radius 2 is 2.00 bits per heavy atom. The molecule has 0 heterocycles. The molecular formula is C10H22BrNO. The zero-order valence-corrected chi connectivity index (χ0v) is 10.8. The molecule has 0 aromatic carbocycles. The molecule has 0 saturated heterocycles. The van der Waals surface area contributed by atoms with Crippen molar-refractivity contribution in [2.24, 2.45) is 5.92 Å². The van der Waals surface area contributed by atoms with Gasteiger partial charge in [-0.15, -0.1) is 0 Å². The number of halogens is 1. The van der Waals surface area contributed by atoms with Gasteiger partial charge in [-0.3, -0.25) is 0 Å². The van der Waals surface area contributed by atoms with E-state index in [9.17, 15) is 0 Å². The second-order valence-corrected chi connectivity index (χ2v) is 5.08. The van der Waals surface area contributed by atoms with Gasteiger partial charge in [-0.1, -0.05) is 36.2 Å². The normalized spacial score (nSPS) is 16.2. The molecule has 13 heavy (non-hydrogen) atoms. The van der Waals surface area contributed by atoms with Gasteiger partial charge in [0.15, 0.2) is 0 Å². The van der Waals surface area contributed by atoms with E-state index in [0.717, 1.165) is 19.1 Å². The Bertz CT molecular complexity index is 121. The van der Waals surface area contributed by atoms with Crippen LogP contribution in [0.4, 0.5) is 0 Å². The summed E-state index contributed by atoms with van der Waals surface area (Å²) in [6, 6.07) is 0. The third-order valence-corrected chi connectivity index (χ3v) is 2.73. The first kappa shape index (κ1) is 13.4. The molecule has 0 amide bonds. The van der Waals surface area contributed by atoms with Gasteiger partial charge in [0.25, 0.3) is 0 Å². The van der Waals surface area contributed by atoms with Crippen LogP contribution in [0.15, 0.2) is 0 Å². The van der Waals surface area contributed by atoms with Gasteiger partial charge in [0.05, 0.1) is 11.4 Å². The summed E-state index contributed by atoms with van der Waals surface area (Å²) in [5, 5.41) is 0. The van der Waals surface area contributed by atoms with Crippen molar-refractivity contribution in [2.45, 2.75) is 25.1 Å². The third-order valence-electron chi connectivity index (χ3n) is 2.18. The van der Waals surface area contributed by atoms with Gasteiger partial charge in [0, 0.05) is 20.2 Å². The molecule has 0 N–H and O–H groups in total. The fraction of sp³-hybridized carbons (Fsp3) is 1.00. The maximum absolute atomic E-state index is 5.06. The lowest BCUT2D eigenvalue weighted by atomic mass is 10.1. The van der Waals surface area contributed by atoms with Crippen molar-refractivity contribution in [1.29, 1.82) is 0 Å². The molecule has 0 radical (unpaired) electrons. The summed E-state index contributed by atoms with van der Waals surface area (Å²) in [6.07, 6.45) is 1.25. The Morgan fingerprint density at radius 3 is 2.46 bits per heavy atom. The van der Waals surface area contributed by atoms with E-state index < -0.39 is 0 Å². The summed E-state index contributed by atoms with van der Waals surface area (Å²) in [5.74, 6) is 0.784. The molecule has 0 aliphatic heterocycles. The fourth-order valence-electron chi connectivity index (χ4n) is 1.31. The zero-order valence-electron chi connectivity index (χ0n) is 9.22. The number of rotatable bonds is 7. The predicted molar refractivity (Wildman–Crippen MR) is 61.5 cm³/mol. The molecule has 3 heteroatoms. The highest BCUT2D eigenvalue weighted by Gasteiger charge is 2.09. The Balaban J connectivity index is 3.54. The van der Waals surface area contributed by atoms with E-state index in [-0.39, 0.29) is 0 Å². The lowest BCUT2D eigenvalue weighted by Crippen LogP contribution is -2.31. The summed E-state index contributed by atoms with van der Waals surface area (Å²) in [7, 11) is 3.90. The van der Waals surface area contributed by atoms with Crippen molar-refractivity contribution in [3.63, 3.8) is 0 Å². The molecule has 0 aromatic rings. The molecule has 2 nitrogen and oxygen atoms in total. The quantitative estimate of drug-likeness (QED) is 0.645. The van der Waals surface area contributed by atoms with Crippen LogP contribution in [0.25, 0.3) is 0 Å². The Kier molecular flexibility index (Phi) is 8.01. The summed E-state index contributed by atoms with van der Waals surface area (Å²) in [5.41, 5.74) is 0. The van der Waals surface area contributed by atoms with E-state index in [0.29, 0.717) is 4.83 Å². The predicted octanol–water partition coefficient (Wildman–Crippen LogP) is 2.37. The minimum Gasteiger partial charge on any atom is -0.383 e. The highest BCUT2D eigenvalue weighted by atomic mass is 79.9. The average Bonchev–Trinajstić information content (AvgIpc) is 2.04. The smallest absolute Gasteiger partial charge is 0.0600 e. The minimum atomic E-state index is 0.451. The molecule has 0 aliphatic rings. The second kappa shape index (κ2) is 7.77. The second-order valence-electron chi connectivity index (χ2n) is 3.79. The standard InChI is InChI=1S/C10H22BrNO/c1-5-9(2)6-12(3)7-10(11)8-13-4/h9-10H,5-8H2,1-4H3. The SMILES string of the molecule is CCC(C)CN(C)CC(Br)COC. The van der Waals surface area contributed by atoms with Crippen LogP contribution in [0.2, 0.25) is 0 Å². The van der Waals surface area contributed by atoms with Crippen molar-refractivity contribution >= 4 is 15.9 Å². The number of hydrogen-bond donors (Lipinski definition) is 0. The van der Waals surface area contributed by atoms with Crippen LogP contribution in [0.5, 0.6) is 0 Å². The van der Waals surface area contributed by atoms with E-state index in [1.54, 1.807) is 7.11 Å². The molecule has 0 aliphatic carbocycles. The van der Waals surface area contributed by atoms with Crippen LogP contribution in [-0.2, 0) is 4.74 Å². The fourth-order valence-corrected chi connectivity index (χ4v) is 2.07. The largest absolute Gasteiger partial charge is 0.383 e. The molecule has 0 bridgehead atoms. The van der Waals surface area contributed by atoms with Crippen molar-refractivity contribution < 1.29 is 4.74 Å². The lowest BCUT2D eigenvalue weighted by molar-refractivity contribution is 0.181. The summed E-state index contributed by atoms with van der Waals surface area (Å²) in [6.45, 7) is 7.53. The molecule has 0 rings (SSSR count). The highest BCUT2D eigenvalue weighted by Crippen LogP contribution is 2.06. The zero-order chi connectivity index (χ0) is 10.3. The number of ether oxygens (including phenoxy) is 1. The van der Waals surface area contributed by atoms with Gasteiger partial charge in [-0.05, 0) is 13.0 Å². The molecule has 0 fully saturated rings. The lowest BCUT2D eigenvalue weighted by Gasteiger charge is -2.22. The number of nitrogens with zero attached hydrogens (tertiary/aromatic N) is 1. The maximum Gasteiger partial charge on any atom is 0.0600 e. The van der Waals surface area contributed by atoms with E-state index >= 15 is 0 Å². The van der Waals surface area contributed by atoms with Crippen molar-refractivity contribution in [3.8, 4) is 0 Å². The van der Waals surface area contributed by atoms with Crippen LogP contribution in [-0.4, -0.2) is 43.6 Å². The Morgan fingerprint density at radius 1 is 1.38 bits per heavy atom. The van der Waals surface area contributed by atoms with Gasteiger partial charge in [-0.2, -0.15) is 0 Å². The first-order valence-electron chi connectivity index (χ1n) is 4.91. The Labute approximate surface area is 90.8 Å². The van der Waals surface area contributed by atoms with Gasteiger partial charge in [-0.25, -0.2) is 0 Å². The van der Waals surface area contributed by atoms with Crippen LogP contribution in [0, 0.1) is 5.92 Å². The molecule has 2 atom stereocenters. The number of alkyl halides is 1. The van der Waals surface area contributed by atoms with E-state index in [1.165, 1.54) is 13.0 Å². The summed E-state index contributed by atoms with van der Waals surface area (Å²) in [4.78, 5) is 2.80. The summed E-state index contributed by atoms with van der Waals surface area (Å²) >= 11 is 3.58.